The second-order valence-electron chi connectivity index (χ2n) is 8.92. The van der Waals surface area contributed by atoms with Gasteiger partial charge >= 0.3 is 0 Å². The first-order valence-corrected chi connectivity index (χ1v) is 12.6. The van der Waals surface area contributed by atoms with Crippen molar-refractivity contribution in [3.05, 3.63) is 83.7 Å². The first kappa shape index (κ1) is 22.1. The molecule has 3 aromatic carbocycles. The summed E-state index contributed by atoms with van der Waals surface area (Å²) in [6.07, 6.45) is 0.662. The summed E-state index contributed by atoms with van der Waals surface area (Å²) < 4.78 is 43.1. The number of hydrogen-bond acceptors (Lipinski definition) is 4. The van der Waals surface area contributed by atoms with Crippen LogP contribution in [0.1, 0.15) is 23.6 Å². The summed E-state index contributed by atoms with van der Waals surface area (Å²) in [6, 6.07) is 18.7. The lowest BCUT2D eigenvalue weighted by Crippen LogP contribution is -2.48. The molecule has 0 saturated carbocycles. The molecule has 2 heterocycles. The molecule has 3 atom stereocenters. The molecule has 0 aromatic heterocycles. The van der Waals surface area contributed by atoms with Crippen molar-refractivity contribution >= 4 is 15.7 Å². The van der Waals surface area contributed by atoms with Crippen LogP contribution in [0.5, 0.6) is 0 Å². The number of anilines is 1. The van der Waals surface area contributed by atoms with E-state index < -0.39 is 16.1 Å². The van der Waals surface area contributed by atoms with Crippen molar-refractivity contribution in [3.63, 3.8) is 0 Å². The Hall–Kier alpha value is -2.74. The fourth-order valence-electron chi connectivity index (χ4n) is 5.50. The van der Waals surface area contributed by atoms with Crippen molar-refractivity contribution in [1.29, 1.82) is 0 Å². The molecule has 0 radical (unpaired) electrons. The maximum atomic E-state index is 13.9. The number of sulfonamides is 1. The van der Waals surface area contributed by atoms with Crippen LogP contribution in [0, 0.1) is 18.7 Å². The van der Waals surface area contributed by atoms with Crippen LogP contribution in [-0.2, 0) is 10.0 Å². The van der Waals surface area contributed by atoms with Crippen LogP contribution in [0.25, 0.3) is 11.1 Å². The summed E-state index contributed by atoms with van der Waals surface area (Å²) >= 11 is 0. The zero-order valence-corrected chi connectivity index (χ0v) is 19.5. The highest BCUT2D eigenvalue weighted by atomic mass is 32.2. The SMILES string of the molecule is Cc1ccccc1S(=O)(=O)N1CC[C@@H]2[C@H]1c1cc(-c3cccc(F)c3)ccc1N(C)[C@H]2CO. The lowest BCUT2D eigenvalue weighted by molar-refractivity contribution is 0.193. The number of halogens is 1. The number of hydrogen-bond donors (Lipinski definition) is 1. The molecule has 0 spiro atoms. The van der Waals surface area contributed by atoms with E-state index in [-0.39, 0.29) is 24.4 Å². The topological polar surface area (TPSA) is 60.9 Å². The third-order valence-electron chi connectivity index (χ3n) is 7.14. The number of benzene rings is 3. The number of aryl methyl sites for hydroxylation is 1. The minimum Gasteiger partial charge on any atom is -0.394 e. The summed E-state index contributed by atoms with van der Waals surface area (Å²) in [5.74, 6) is -0.362. The average molecular weight is 467 g/mol. The zero-order chi connectivity index (χ0) is 23.3. The smallest absolute Gasteiger partial charge is 0.243 e. The van der Waals surface area contributed by atoms with Crippen LogP contribution in [0.15, 0.2) is 71.6 Å². The molecule has 5 nitrogen and oxygen atoms in total. The third kappa shape index (κ3) is 3.55. The fraction of sp³-hybridized carbons (Fsp3) is 0.308. The number of aliphatic hydroxyl groups is 1. The Morgan fingerprint density at radius 1 is 1.03 bits per heavy atom. The first-order valence-electron chi connectivity index (χ1n) is 11.1. The van der Waals surface area contributed by atoms with Gasteiger partial charge in [0.15, 0.2) is 0 Å². The molecule has 1 saturated heterocycles. The Morgan fingerprint density at radius 2 is 1.79 bits per heavy atom. The van der Waals surface area contributed by atoms with Gasteiger partial charge < -0.3 is 10.0 Å². The van der Waals surface area contributed by atoms with E-state index >= 15 is 0 Å². The standard InChI is InChI=1S/C26H27FN2O3S/c1-17-6-3-4-9-25(17)33(31,32)29-13-12-21-24(16-30)28(2)23-11-10-19(15-22(23)26(21)29)18-7-5-8-20(27)14-18/h3-11,14-15,21,24,26,30H,12-13,16H2,1-2H3/t21-,24-,26-/m0/s1. The number of likely N-dealkylation sites (N-methyl/N-ethyl adjacent to an activating group) is 1. The molecule has 1 N–H and O–H groups in total. The van der Waals surface area contributed by atoms with Gasteiger partial charge in [0.25, 0.3) is 0 Å². The van der Waals surface area contributed by atoms with E-state index in [1.54, 1.807) is 22.5 Å². The van der Waals surface area contributed by atoms with E-state index in [1.807, 2.05) is 50.4 Å². The van der Waals surface area contributed by atoms with Gasteiger partial charge in [0.1, 0.15) is 5.82 Å². The second-order valence-corrected chi connectivity index (χ2v) is 10.8. The molecule has 5 rings (SSSR count). The Bertz CT molecular complexity index is 1310. The van der Waals surface area contributed by atoms with E-state index in [1.165, 1.54) is 12.1 Å². The lowest BCUT2D eigenvalue weighted by Gasteiger charge is -2.44. The van der Waals surface area contributed by atoms with Gasteiger partial charge in [-0.3, -0.25) is 0 Å². The Labute approximate surface area is 194 Å². The molecule has 0 aliphatic carbocycles. The van der Waals surface area contributed by atoms with Gasteiger partial charge in [0, 0.05) is 25.2 Å². The fourth-order valence-corrected chi connectivity index (χ4v) is 7.39. The largest absolute Gasteiger partial charge is 0.394 e. The zero-order valence-electron chi connectivity index (χ0n) is 18.6. The van der Waals surface area contributed by atoms with Gasteiger partial charge in [-0.15, -0.1) is 0 Å². The summed E-state index contributed by atoms with van der Waals surface area (Å²) in [5, 5.41) is 10.2. The van der Waals surface area contributed by atoms with Gasteiger partial charge in [0.2, 0.25) is 10.0 Å². The second kappa shape index (κ2) is 8.24. The van der Waals surface area contributed by atoms with Crippen LogP contribution in [0.2, 0.25) is 0 Å². The van der Waals surface area contributed by atoms with Crippen molar-refractivity contribution in [1.82, 2.24) is 4.31 Å². The molecular weight excluding hydrogens is 439 g/mol. The summed E-state index contributed by atoms with van der Waals surface area (Å²) in [6.45, 7) is 2.14. The van der Waals surface area contributed by atoms with Crippen molar-refractivity contribution in [2.24, 2.45) is 5.92 Å². The monoisotopic (exact) mass is 466 g/mol. The molecule has 33 heavy (non-hydrogen) atoms. The Balaban J connectivity index is 1.67. The highest BCUT2D eigenvalue weighted by molar-refractivity contribution is 7.89. The van der Waals surface area contributed by atoms with Gasteiger partial charge in [-0.05, 0) is 65.9 Å². The molecule has 0 unspecified atom stereocenters. The minimum absolute atomic E-state index is 0.0472. The van der Waals surface area contributed by atoms with E-state index in [0.717, 1.165) is 22.4 Å². The van der Waals surface area contributed by atoms with Crippen molar-refractivity contribution in [3.8, 4) is 11.1 Å². The molecule has 1 fully saturated rings. The van der Waals surface area contributed by atoms with Gasteiger partial charge in [0.05, 0.1) is 23.6 Å². The predicted octanol–water partition coefficient (Wildman–Crippen LogP) is 4.36. The van der Waals surface area contributed by atoms with E-state index in [2.05, 4.69) is 4.90 Å². The molecule has 0 bridgehead atoms. The van der Waals surface area contributed by atoms with E-state index in [0.29, 0.717) is 23.4 Å². The van der Waals surface area contributed by atoms with Crippen LogP contribution in [0.4, 0.5) is 10.1 Å². The maximum Gasteiger partial charge on any atom is 0.243 e. The van der Waals surface area contributed by atoms with Crippen LogP contribution in [0.3, 0.4) is 0 Å². The van der Waals surface area contributed by atoms with E-state index in [4.69, 9.17) is 0 Å². The lowest BCUT2D eigenvalue weighted by atomic mass is 9.81. The summed E-state index contributed by atoms with van der Waals surface area (Å²) in [4.78, 5) is 2.36. The molecule has 7 heteroatoms. The number of fused-ring (bicyclic) bond motifs is 3. The van der Waals surface area contributed by atoms with Gasteiger partial charge in [-0.1, -0.05) is 36.4 Å². The maximum absolute atomic E-state index is 13.9. The number of aliphatic hydroxyl groups excluding tert-OH is 1. The Morgan fingerprint density at radius 3 is 2.52 bits per heavy atom. The van der Waals surface area contributed by atoms with E-state index in [9.17, 15) is 17.9 Å². The predicted molar refractivity (Wildman–Crippen MR) is 127 cm³/mol. The molecule has 3 aromatic rings. The number of rotatable bonds is 4. The summed E-state index contributed by atoms with van der Waals surface area (Å²) in [5.41, 5.74) is 4.07. The van der Waals surface area contributed by atoms with Crippen LogP contribution < -0.4 is 4.90 Å². The van der Waals surface area contributed by atoms with Gasteiger partial charge in [-0.25, -0.2) is 12.8 Å². The molecule has 0 amide bonds. The highest BCUT2D eigenvalue weighted by Crippen LogP contribution is 2.51. The van der Waals surface area contributed by atoms with Crippen molar-refractivity contribution < 1.29 is 17.9 Å². The normalized spacial score (nSPS) is 22.8. The number of nitrogens with zero attached hydrogens (tertiary/aromatic N) is 2. The van der Waals surface area contributed by atoms with Crippen molar-refractivity contribution in [2.75, 3.05) is 25.1 Å². The average Bonchev–Trinajstić information content (AvgIpc) is 3.25. The molecular formula is C26H27FN2O3S. The van der Waals surface area contributed by atoms with Crippen LogP contribution in [-0.4, -0.2) is 44.1 Å². The van der Waals surface area contributed by atoms with Gasteiger partial charge in [-0.2, -0.15) is 4.31 Å². The van der Waals surface area contributed by atoms with Crippen LogP contribution >= 0.6 is 0 Å². The Kier molecular flexibility index (Phi) is 5.51. The minimum atomic E-state index is -3.74. The third-order valence-corrected chi connectivity index (χ3v) is 9.18. The highest BCUT2D eigenvalue weighted by Gasteiger charge is 2.50. The molecule has 172 valence electrons. The quantitative estimate of drug-likeness (QED) is 0.621. The summed E-state index contributed by atoms with van der Waals surface area (Å²) in [7, 11) is -1.80. The first-order chi connectivity index (χ1) is 15.8. The molecule has 2 aliphatic heterocycles. The van der Waals surface area contributed by atoms with Crippen molar-refractivity contribution in [2.45, 2.75) is 30.3 Å². The molecule has 2 aliphatic rings.